The van der Waals surface area contributed by atoms with Crippen LogP contribution in [-0.2, 0) is 6.54 Å². The lowest BCUT2D eigenvalue weighted by molar-refractivity contribution is 0.135. The number of allylic oxidation sites excluding steroid dienone is 2. The molecule has 36 heavy (non-hydrogen) atoms. The highest BCUT2D eigenvalue weighted by atomic mass is 16.5. The number of carbonyl (C=O) groups excluding carboxylic acids is 2. The third kappa shape index (κ3) is 5.26. The molecule has 1 unspecified atom stereocenters. The monoisotopic (exact) mass is 488 g/mol. The standard InChI is InChI=1S/C29H36N4O3/c1-36-25-15-13-22(14-16-25)21-32-26-11-7-8-12-27(26)33(29(35)30-28(32)34)24-17-19-31(20-18-24)23-9-5-3-2-4-6-10-23/h2-3,7-8,11-16,23-24H,4-6,9-10,17-21H2,1H3,(H,30,34,35)/b3-2-. The van der Waals surface area contributed by atoms with Crippen molar-refractivity contribution in [3.05, 3.63) is 66.2 Å². The van der Waals surface area contributed by atoms with Gasteiger partial charge in [-0.2, -0.15) is 0 Å². The molecule has 0 spiro atoms. The molecule has 1 saturated heterocycles. The zero-order valence-electron chi connectivity index (χ0n) is 21.1. The van der Waals surface area contributed by atoms with Crippen LogP contribution in [0.5, 0.6) is 5.75 Å². The number of hydrogen-bond acceptors (Lipinski definition) is 4. The summed E-state index contributed by atoms with van der Waals surface area (Å²) in [7, 11) is 1.63. The van der Waals surface area contributed by atoms with Crippen molar-refractivity contribution in [2.45, 2.75) is 63.6 Å². The zero-order chi connectivity index (χ0) is 24.9. The van der Waals surface area contributed by atoms with E-state index < -0.39 is 6.03 Å². The first-order valence-corrected chi connectivity index (χ1v) is 13.2. The second-order valence-electron chi connectivity index (χ2n) is 9.93. The van der Waals surface area contributed by atoms with Gasteiger partial charge in [-0.05, 0) is 74.8 Å². The first kappa shape index (κ1) is 24.4. The zero-order valence-corrected chi connectivity index (χ0v) is 21.1. The Labute approximate surface area is 213 Å². The number of benzene rings is 2. The number of rotatable bonds is 5. The van der Waals surface area contributed by atoms with Gasteiger partial charge in [0.25, 0.3) is 0 Å². The third-order valence-corrected chi connectivity index (χ3v) is 7.73. The van der Waals surface area contributed by atoms with Crippen molar-refractivity contribution in [1.82, 2.24) is 10.2 Å². The minimum Gasteiger partial charge on any atom is -0.497 e. The van der Waals surface area contributed by atoms with Crippen LogP contribution in [0.4, 0.5) is 21.0 Å². The van der Waals surface area contributed by atoms with Crippen LogP contribution < -0.4 is 19.9 Å². The van der Waals surface area contributed by atoms with E-state index >= 15 is 0 Å². The van der Waals surface area contributed by atoms with E-state index in [1.165, 1.54) is 25.7 Å². The molecule has 0 bridgehead atoms. The van der Waals surface area contributed by atoms with Gasteiger partial charge in [0.05, 0.1) is 25.0 Å². The number of fused-ring (bicyclic) bond motifs is 1. The summed E-state index contributed by atoms with van der Waals surface area (Å²) in [4.78, 5) is 32.7. The smallest absolute Gasteiger partial charge is 0.330 e. The summed E-state index contributed by atoms with van der Waals surface area (Å²) < 4.78 is 5.26. The summed E-state index contributed by atoms with van der Waals surface area (Å²) in [6.07, 6.45) is 12.5. The fourth-order valence-electron chi connectivity index (χ4n) is 5.78. The molecule has 190 valence electrons. The Bertz CT molecular complexity index is 1090. The number of anilines is 2. The second kappa shape index (κ2) is 11.2. The van der Waals surface area contributed by atoms with E-state index in [2.05, 4.69) is 22.4 Å². The molecule has 0 saturated carbocycles. The van der Waals surface area contributed by atoms with Crippen LogP contribution in [0.1, 0.15) is 50.5 Å². The molecule has 2 aromatic carbocycles. The van der Waals surface area contributed by atoms with Gasteiger partial charge in [-0.1, -0.05) is 36.4 Å². The van der Waals surface area contributed by atoms with Gasteiger partial charge in [-0.25, -0.2) is 9.59 Å². The average molecular weight is 489 g/mol. The Morgan fingerprint density at radius 2 is 1.56 bits per heavy atom. The molecule has 2 aliphatic heterocycles. The maximum Gasteiger partial charge on any atom is 0.330 e. The van der Waals surface area contributed by atoms with Crippen molar-refractivity contribution in [2.75, 3.05) is 30.0 Å². The van der Waals surface area contributed by atoms with E-state index in [9.17, 15) is 9.59 Å². The van der Waals surface area contributed by atoms with E-state index in [0.29, 0.717) is 12.6 Å². The van der Waals surface area contributed by atoms with Crippen molar-refractivity contribution >= 4 is 23.4 Å². The topological polar surface area (TPSA) is 65.1 Å². The van der Waals surface area contributed by atoms with Gasteiger partial charge in [0.15, 0.2) is 0 Å². The van der Waals surface area contributed by atoms with Crippen LogP contribution in [0.3, 0.4) is 0 Å². The predicted molar refractivity (Wildman–Crippen MR) is 143 cm³/mol. The Balaban J connectivity index is 1.34. The molecule has 7 nitrogen and oxygen atoms in total. The van der Waals surface area contributed by atoms with Gasteiger partial charge in [-0.15, -0.1) is 0 Å². The molecule has 2 heterocycles. The molecule has 1 aliphatic carbocycles. The van der Waals surface area contributed by atoms with Gasteiger partial charge >= 0.3 is 12.1 Å². The summed E-state index contributed by atoms with van der Waals surface area (Å²) in [6.45, 7) is 2.32. The maximum absolute atomic E-state index is 13.4. The molecule has 0 radical (unpaired) electrons. The highest BCUT2D eigenvalue weighted by Gasteiger charge is 2.37. The summed E-state index contributed by atoms with van der Waals surface area (Å²) in [5.41, 5.74) is 2.51. The average Bonchev–Trinajstić information content (AvgIpc) is 2.98. The van der Waals surface area contributed by atoms with Crippen LogP contribution in [0, 0.1) is 0 Å². The van der Waals surface area contributed by atoms with Crippen molar-refractivity contribution < 1.29 is 14.3 Å². The number of methoxy groups -OCH3 is 1. The third-order valence-electron chi connectivity index (χ3n) is 7.73. The molecule has 5 rings (SSSR count). The number of ether oxygens (including phenoxy) is 1. The molecule has 1 fully saturated rings. The van der Waals surface area contributed by atoms with E-state index in [-0.39, 0.29) is 12.1 Å². The number of carbonyl (C=O) groups is 2. The number of likely N-dealkylation sites (tertiary alicyclic amines) is 1. The molecule has 0 aromatic heterocycles. The molecule has 7 heteroatoms. The highest BCUT2D eigenvalue weighted by Crippen LogP contribution is 2.36. The lowest BCUT2D eigenvalue weighted by Crippen LogP contribution is -2.53. The second-order valence-corrected chi connectivity index (χ2v) is 9.93. The number of nitrogens with one attached hydrogen (secondary N) is 1. The van der Waals surface area contributed by atoms with Crippen molar-refractivity contribution in [1.29, 1.82) is 0 Å². The predicted octanol–water partition coefficient (Wildman–Crippen LogP) is 5.70. The van der Waals surface area contributed by atoms with Crippen LogP contribution in [-0.4, -0.2) is 49.2 Å². The van der Waals surface area contributed by atoms with E-state index in [0.717, 1.165) is 55.0 Å². The van der Waals surface area contributed by atoms with Crippen molar-refractivity contribution in [3.63, 3.8) is 0 Å². The number of piperidine rings is 1. The van der Waals surface area contributed by atoms with Crippen LogP contribution in [0.2, 0.25) is 0 Å². The van der Waals surface area contributed by atoms with Crippen LogP contribution in [0.25, 0.3) is 0 Å². The number of urea groups is 2. The number of imide groups is 1. The Hall–Kier alpha value is -3.32. The molecular weight excluding hydrogens is 452 g/mol. The molecule has 2 aromatic rings. The van der Waals surface area contributed by atoms with Gasteiger partial charge < -0.3 is 9.64 Å². The van der Waals surface area contributed by atoms with Crippen LogP contribution in [0.15, 0.2) is 60.7 Å². The van der Waals surface area contributed by atoms with Gasteiger partial charge in [0.1, 0.15) is 5.75 Å². The SMILES string of the molecule is COc1ccc(CN2C(=O)NC(=O)N(C3CCN(C4CC/C=C\CCC4)CC3)c3ccccc32)cc1. The Morgan fingerprint density at radius 1 is 0.833 bits per heavy atom. The minimum absolute atomic E-state index is 0.0598. The first-order chi connectivity index (χ1) is 17.6. The lowest BCUT2D eigenvalue weighted by atomic mass is 9.95. The van der Waals surface area contributed by atoms with Crippen LogP contribution >= 0.6 is 0 Å². The van der Waals surface area contributed by atoms with Gasteiger partial charge in [0, 0.05) is 25.2 Å². The molecular formula is C29H36N4O3. The number of para-hydroxylation sites is 2. The summed E-state index contributed by atoms with van der Waals surface area (Å²) in [5.74, 6) is 0.767. The largest absolute Gasteiger partial charge is 0.497 e. The first-order valence-electron chi connectivity index (χ1n) is 13.2. The Morgan fingerprint density at radius 3 is 2.31 bits per heavy atom. The van der Waals surface area contributed by atoms with E-state index in [4.69, 9.17) is 4.74 Å². The summed E-state index contributed by atoms with van der Waals surface area (Å²) >= 11 is 0. The maximum atomic E-state index is 13.4. The number of nitrogens with zero attached hydrogens (tertiary/aromatic N) is 3. The molecule has 1 N–H and O–H groups in total. The molecule has 4 amide bonds. The summed E-state index contributed by atoms with van der Waals surface area (Å²) in [6, 6.07) is 15.4. The number of hydrogen-bond donors (Lipinski definition) is 1. The fraction of sp³-hybridized carbons (Fsp3) is 0.448. The van der Waals surface area contributed by atoms with Crippen molar-refractivity contribution in [2.24, 2.45) is 0 Å². The molecule has 3 aliphatic rings. The van der Waals surface area contributed by atoms with E-state index in [1.807, 2.05) is 53.4 Å². The normalized spacial score (nSPS) is 22.8. The highest BCUT2D eigenvalue weighted by molar-refractivity contribution is 6.13. The van der Waals surface area contributed by atoms with Crippen molar-refractivity contribution in [3.8, 4) is 5.75 Å². The number of amides is 4. The minimum atomic E-state index is -0.397. The lowest BCUT2D eigenvalue weighted by Gasteiger charge is -2.41. The molecule has 1 atom stereocenters. The van der Waals surface area contributed by atoms with E-state index in [1.54, 1.807) is 12.0 Å². The van der Waals surface area contributed by atoms with Gasteiger partial charge in [-0.3, -0.25) is 15.1 Å². The summed E-state index contributed by atoms with van der Waals surface area (Å²) in [5, 5.41) is 2.65. The Kier molecular flexibility index (Phi) is 7.56. The van der Waals surface area contributed by atoms with Gasteiger partial charge in [0.2, 0.25) is 0 Å². The fourth-order valence-corrected chi connectivity index (χ4v) is 5.78. The quantitative estimate of drug-likeness (QED) is 0.548.